The average molecular weight is 405 g/mol. The van der Waals surface area contributed by atoms with E-state index in [9.17, 15) is 10.1 Å². The van der Waals surface area contributed by atoms with Crippen LogP contribution in [-0.4, -0.2) is 42.6 Å². The third-order valence-electron chi connectivity index (χ3n) is 5.20. The number of ketones is 1. The van der Waals surface area contributed by atoms with E-state index < -0.39 is 0 Å². The van der Waals surface area contributed by atoms with Crippen molar-refractivity contribution in [3.63, 3.8) is 0 Å². The van der Waals surface area contributed by atoms with Gasteiger partial charge < -0.3 is 10.2 Å². The first-order valence-corrected chi connectivity index (χ1v) is 10.6. The van der Waals surface area contributed by atoms with Gasteiger partial charge in [-0.05, 0) is 50.5 Å². The zero-order chi connectivity index (χ0) is 21.9. The van der Waals surface area contributed by atoms with Crippen LogP contribution < -0.4 is 5.32 Å². The van der Waals surface area contributed by atoms with Crippen LogP contribution in [0.5, 0.6) is 0 Å². The van der Waals surface area contributed by atoms with Crippen LogP contribution in [0.3, 0.4) is 0 Å². The van der Waals surface area contributed by atoms with Crippen molar-refractivity contribution in [3.8, 4) is 6.07 Å². The van der Waals surface area contributed by atoms with Crippen LogP contribution in [0.15, 0.2) is 59.3 Å². The van der Waals surface area contributed by atoms with E-state index in [0.29, 0.717) is 11.3 Å². The van der Waals surface area contributed by atoms with Crippen molar-refractivity contribution in [1.82, 2.24) is 10.2 Å². The average Bonchev–Trinajstić information content (AvgIpc) is 2.77. The minimum Gasteiger partial charge on any atom is -0.369 e. The number of hydrogen-bond donors (Lipinski definition) is 1. The number of piperazine rings is 1. The highest BCUT2D eigenvalue weighted by molar-refractivity contribution is 6.03. The summed E-state index contributed by atoms with van der Waals surface area (Å²) in [6.07, 6.45) is 8.78. The Morgan fingerprint density at radius 2 is 2.07 bits per heavy atom. The Morgan fingerprint density at radius 3 is 2.67 bits per heavy atom. The van der Waals surface area contributed by atoms with E-state index in [0.717, 1.165) is 43.9 Å². The molecule has 0 radical (unpaired) electrons. The summed E-state index contributed by atoms with van der Waals surface area (Å²) in [5.74, 6) is 0.162. The Morgan fingerprint density at radius 1 is 1.33 bits per heavy atom. The predicted octanol–water partition coefficient (Wildman–Crippen LogP) is 4.34. The van der Waals surface area contributed by atoms with Gasteiger partial charge in [0.1, 0.15) is 0 Å². The predicted molar refractivity (Wildman–Crippen MR) is 124 cm³/mol. The first kappa shape index (κ1) is 23.3. The van der Waals surface area contributed by atoms with Gasteiger partial charge in [-0.2, -0.15) is 5.26 Å². The first-order valence-electron chi connectivity index (χ1n) is 10.6. The molecule has 1 aromatic carbocycles. The molecule has 1 aromatic rings. The third kappa shape index (κ3) is 6.82. The highest BCUT2D eigenvalue weighted by Crippen LogP contribution is 2.21. The zero-order valence-electron chi connectivity index (χ0n) is 18.5. The molecule has 1 aliphatic rings. The topological polar surface area (TPSA) is 68.5 Å². The molecule has 0 spiro atoms. The molecule has 1 atom stereocenters. The van der Waals surface area contributed by atoms with Crippen molar-refractivity contribution >= 4 is 17.2 Å². The van der Waals surface area contributed by atoms with E-state index in [4.69, 9.17) is 4.99 Å². The lowest BCUT2D eigenvalue weighted by molar-refractivity contribution is -0.112. The normalized spacial score (nSPS) is 17.2. The van der Waals surface area contributed by atoms with Gasteiger partial charge in [-0.15, -0.1) is 0 Å². The van der Waals surface area contributed by atoms with Gasteiger partial charge in [0.25, 0.3) is 0 Å². The minimum atomic E-state index is -0.0708. The second-order valence-electron chi connectivity index (χ2n) is 7.46. The van der Waals surface area contributed by atoms with E-state index in [1.807, 2.05) is 12.1 Å². The molecule has 5 heteroatoms. The van der Waals surface area contributed by atoms with Crippen LogP contribution in [0, 0.1) is 17.2 Å². The highest BCUT2D eigenvalue weighted by Gasteiger charge is 2.13. The number of nitrogens with one attached hydrogen (secondary N) is 1. The lowest BCUT2D eigenvalue weighted by Crippen LogP contribution is -2.42. The smallest absolute Gasteiger partial charge is 0.154 e. The molecule has 0 saturated carbocycles. The summed E-state index contributed by atoms with van der Waals surface area (Å²) < 4.78 is 0. The number of carbonyl (C=O) groups is 1. The van der Waals surface area contributed by atoms with Gasteiger partial charge in [0.15, 0.2) is 5.78 Å². The van der Waals surface area contributed by atoms with Crippen LogP contribution in [-0.2, 0) is 4.79 Å². The Bertz CT molecular complexity index is 896. The number of allylic oxidation sites excluding steroid dienone is 4. The van der Waals surface area contributed by atoms with Gasteiger partial charge in [-0.25, -0.2) is 0 Å². The summed E-state index contributed by atoms with van der Waals surface area (Å²) in [5.41, 5.74) is 4.00. The molecule has 1 aliphatic heterocycles. The molecule has 0 amide bonds. The van der Waals surface area contributed by atoms with E-state index in [1.165, 1.54) is 12.6 Å². The molecule has 5 nitrogen and oxygen atoms in total. The fourth-order valence-corrected chi connectivity index (χ4v) is 3.26. The number of nitriles is 1. The molecule has 1 unspecified atom stereocenters. The number of aliphatic imine (C=N–C) groups is 1. The van der Waals surface area contributed by atoms with E-state index in [1.54, 1.807) is 18.2 Å². The molecule has 1 N–H and O–H groups in total. The Hall–Kier alpha value is -2.97. The third-order valence-corrected chi connectivity index (χ3v) is 5.20. The van der Waals surface area contributed by atoms with Crippen LogP contribution in [0.4, 0.5) is 0 Å². The molecule has 158 valence electrons. The van der Waals surface area contributed by atoms with Gasteiger partial charge in [-0.3, -0.25) is 9.79 Å². The van der Waals surface area contributed by atoms with Crippen LogP contribution in [0.25, 0.3) is 5.70 Å². The monoisotopic (exact) mass is 404 g/mol. The molecule has 30 heavy (non-hydrogen) atoms. The molecular weight excluding hydrogens is 372 g/mol. The second-order valence-corrected chi connectivity index (χ2v) is 7.46. The molecule has 0 aromatic heterocycles. The molecular formula is C25H32N4O. The minimum absolute atomic E-state index is 0.0708. The summed E-state index contributed by atoms with van der Waals surface area (Å²) >= 11 is 0. The standard InChI is InChI=1S/C25H32N4O/c1-5-19(3)24(11-10-23(6-2)29-14-12-27-13-15-29)28-25(16-20(4)30)22-9-7-8-21(17-22)18-26/h6-11,16-17,19,27H,5,12-15H2,1-4H3/b11-10-,23-6+,25-16-,28-24+. The Balaban J connectivity index is 2.43. The molecule has 0 aliphatic carbocycles. The van der Waals surface area contributed by atoms with Gasteiger partial charge >= 0.3 is 0 Å². The molecule has 2 rings (SSSR count). The van der Waals surface area contributed by atoms with E-state index in [-0.39, 0.29) is 11.7 Å². The van der Waals surface area contributed by atoms with Gasteiger partial charge in [0, 0.05) is 49.2 Å². The molecule has 0 bridgehead atoms. The fourth-order valence-electron chi connectivity index (χ4n) is 3.26. The van der Waals surface area contributed by atoms with Crippen molar-refractivity contribution in [1.29, 1.82) is 5.26 Å². The van der Waals surface area contributed by atoms with Gasteiger partial charge in [0.2, 0.25) is 0 Å². The van der Waals surface area contributed by atoms with Crippen molar-refractivity contribution in [2.24, 2.45) is 10.9 Å². The van der Waals surface area contributed by atoms with Crippen molar-refractivity contribution in [2.75, 3.05) is 26.2 Å². The maximum Gasteiger partial charge on any atom is 0.154 e. The summed E-state index contributed by atoms with van der Waals surface area (Å²) in [4.78, 5) is 19.1. The van der Waals surface area contributed by atoms with E-state index >= 15 is 0 Å². The van der Waals surface area contributed by atoms with Crippen LogP contribution >= 0.6 is 0 Å². The number of rotatable bonds is 8. The number of hydrogen-bond acceptors (Lipinski definition) is 5. The maximum absolute atomic E-state index is 11.9. The van der Waals surface area contributed by atoms with Crippen molar-refractivity contribution in [3.05, 3.63) is 65.4 Å². The SMILES string of the molecule is C\C=C(/C=C\C(=N/C(=C\C(C)=O)c1cccc(C#N)c1)C(C)CC)N1CCNCC1. The number of nitrogens with zero attached hydrogens (tertiary/aromatic N) is 3. The molecule has 1 fully saturated rings. The highest BCUT2D eigenvalue weighted by atomic mass is 16.1. The summed E-state index contributed by atoms with van der Waals surface area (Å²) in [6.45, 7) is 11.8. The summed E-state index contributed by atoms with van der Waals surface area (Å²) in [6, 6.07) is 9.38. The Labute approximate surface area is 180 Å². The van der Waals surface area contributed by atoms with Crippen molar-refractivity contribution in [2.45, 2.75) is 34.1 Å². The zero-order valence-corrected chi connectivity index (χ0v) is 18.5. The maximum atomic E-state index is 11.9. The lowest BCUT2D eigenvalue weighted by atomic mass is 10.0. The van der Waals surface area contributed by atoms with Crippen LogP contribution in [0.2, 0.25) is 0 Å². The lowest BCUT2D eigenvalue weighted by Gasteiger charge is -2.30. The number of carbonyl (C=O) groups excluding carboxylic acids is 1. The molecule has 1 saturated heterocycles. The quantitative estimate of drug-likeness (QED) is 0.398. The van der Waals surface area contributed by atoms with E-state index in [2.05, 4.69) is 55.3 Å². The molecule has 1 heterocycles. The first-order chi connectivity index (χ1) is 14.5. The van der Waals surface area contributed by atoms with Crippen molar-refractivity contribution < 1.29 is 4.79 Å². The second kappa shape index (κ2) is 11.9. The number of benzene rings is 1. The fraction of sp³-hybridized carbons (Fsp3) is 0.400. The van der Waals surface area contributed by atoms with Crippen LogP contribution in [0.1, 0.15) is 45.2 Å². The van der Waals surface area contributed by atoms with Gasteiger partial charge in [0.05, 0.1) is 17.3 Å². The summed E-state index contributed by atoms with van der Waals surface area (Å²) in [7, 11) is 0. The largest absolute Gasteiger partial charge is 0.369 e. The Kier molecular flexibility index (Phi) is 9.24. The van der Waals surface area contributed by atoms with Gasteiger partial charge in [-0.1, -0.05) is 32.1 Å². The summed E-state index contributed by atoms with van der Waals surface area (Å²) in [5, 5.41) is 12.6.